The third kappa shape index (κ3) is 5.79. The second-order valence-corrected chi connectivity index (χ2v) is 11.3. The first kappa shape index (κ1) is 24.2. The van der Waals surface area contributed by atoms with Crippen LogP contribution in [0.1, 0.15) is 50.2 Å². The standard InChI is InChI=1S/C27H33NO3S2/c1-20(2)22-11-6-7-12-24(22)33-25-23(29)19-27(31-26(25)30,21-9-4-3-5-10-21)13-8-14-28-15-17-32-18-16-28/h3-7,9-12,20,29H,8,13-19H2,1-2H3. The van der Waals surface area contributed by atoms with E-state index in [4.69, 9.17) is 4.74 Å². The van der Waals surface area contributed by atoms with E-state index in [2.05, 4.69) is 24.8 Å². The molecule has 2 aromatic rings. The summed E-state index contributed by atoms with van der Waals surface area (Å²) < 4.78 is 6.20. The van der Waals surface area contributed by atoms with Crippen LogP contribution in [-0.2, 0) is 15.1 Å². The van der Waals surface area contributed by atoms with Crippen LogP contribution in [0.25, 0.3) is 0 Å². The van der Waals surface area contributed by atoms with Gasteiger partial charge in [0.25, 0.3) is 0 Å². The van der Waals surface area contributed by atoms with Crippen LogP contribution in [0.3, 0.4) is 0 Å². The number of aliphatic hydroxyl groups excluding tert-OH is 1. The lowest BCUT2D eigenvalue weighted by Gasteiger charge is -2.38. The first-order valence-corrected chi connectivity index (χ1v) is 13.7. The van der Waals surface area contributed by atoms with Crippen molar-refractivity contribution in [3.63, 3.8) is 0 Å². The fourth-order valence-corrected chi connectivity index (χ4v) is 6.67. The molecule has 2 aromatic carbocycles. The third-order valence-corrected chi connectivity index (χ3v) is 8.54. The molecule has 4 nitrogen and oxygen atoms in total. The molecular weight excluding hydrogens is 450 g/mol. The summed E-state index contributed by atoms with van der Waals surface area (Å²) in [5, 5.41) is 11.1. The summed E-state index contributed by atoms with van der Waals surface area (Å²) in [6.45, 7) is 7.48. The van der Waals surface area contributed by atoms with E-state index in [1.165, 1.54) is 23.3 Å². The van der Waals surface area contributed by atoms with Crippen LogP contribution in [0.15, 0.2) is 70.2 Å². The topological polar surface area (TPSA) is 49.8 Å². The Bertz CT molecular complexity index is 986. The molecule has 0 aliphatic carbocycles. The predicted molar refractivity (Wildman–Crippen MR) is 138 cm³/mol. The lowest BCUT2D eigenvalue weighted by Crippen LogP contribution is -2.39. The van der Waals surface area contributed by atoms with Crippen LogP contribution >= 0.6 is 23.5 Å². The summed E-state index contributed by atoms with van der Waals surface area (Å²) in [7, 11) is 0. The minimum Gasteiger partial charge on any atom is -0.511 e. The van der Waals surface area contributed by atoms with Gasteiger partial charge in [0.05, 0.1) is 6.42 Å². The van der Waals surface area contributed by atoms with Crippen LogP contribution < -0.4 is 0 Å². The number of hydrogen-bond donors (Lipinski definition) is 1. The average Bonchev–Trinajstić information content (AvgIpc) is 2.83. The molecule has 0 bridgehead atoms. The third-order valence-electron chi connectivity index (χ3n) is 6.40. The number of benzene rings is 2. The SMILES string of the molecule is CC(C)c1ccccc1SC1=C(O)CC(CCCN2CCSCC2)(c2ccccc2)OC1=O. The molecule has 1 saturated heterocycles. The van der Waals surface area contributed by atoms with Gasteiger partial charge in [-0.25, -0.2) is 4.79 Å². The largest absolute Gasteiger partial charge is 0.511 e. The molecule has 0 radical (unpaired) electrons. The molecule has 4 rings (SSSR count). The molecule has 2 aliphatic heterocycles. The van der Waals surface area contributed by atoms with E-state index in [9.17, 15) is 9.90 Å². The maximum Gasteiger partial charge on any atom is 0.349 e. The van der Waals surface area contributed by atoms with Crippen molar-refractivity contribution >= 4 is 29.5 Å². The molecule has 1 fully saturated rings. The normalized spacial score (nSPS) is 22.0. The maximum atomic E-state index is 13.3. The summed E-state index contributed by atoms with van der Waals surface area (Å²) in [5.74, 6) is 2.39. The number of cyclic esters (lactones) is 1. The molecule has 0 spiro atoms. The van der Waals surface area contributed by atoms with Crippen LogP contribution in [0.4, 0.5) is 0 Å². The first-order valence-electron chi connectivity index (χ1n) is 11.8. The van der Waals surface area contributed by atoms with Gasteiger partial charge in [0.2, 0.25) is 0 Å². The highest BCUT2D eigenvalue weighted by Crippen LogP contribution is 2.46. The fourth-order valence-electron chi connectivity index (χ4n) is 4.59. The first-order chi connectivity index (χ1) is 16.0. The zero-order valence-electron chi connectivity index (χ0n) is 19.5. The molecule has 6 heteroatoms. The Morgan fingerprint density at radius 3 is 2.48 bits per heavy atom. The van der Waals surface area contributed by atoms with Gasteiger partial charge in [-0.1, -0.05) is 74.1 Å². The molecule has 0 saturated carbocycles. The van der Waals surface area contributed by atoms with Crippen LogP contribution in [0, 0.1) is 0 Å². The quantitative estimate of drug-likeness (QED) is 0.442. The number of esters is 1. The molecule has 1 N–H and O–H groups in total. The molecule has 2 heterocycles. The summed E-state index contributed by atoms with van der Waals surface area (Å²) in [5.41, 5.74) is 1.29. The minimum absolute atomic E-state index is 0.132. The zero-order chi connectivity index (χ0) is 23.3. The van der Waals surface area contributed by atoms with Crippen molar-refractivity contribution in [1.82, 2.24) is 4.90 Å². The minimum atomic E-state index is -0.825. The molecule has 2 aliphatic rings. The van der Waals surface area contributed by atoms with E-state index in [1.54, 1.807) is 0 Å². The van der Waals surface area contributed by atoms with Gasteiger partial charge in [0, 0.05) is 29.5 Å². The Kier molecular flexibility index (Phi) is 8.10. The van der Waals surface area contributed by atoms with Crippen molar-refractivity contribution in [1.29, 1.82) is 0 Å². The fraction of sp³-hybridized carbons (Fsp3) is 0.444. The smallest absolute Gasteiger partial charge is 0.349 e. The summed E-state index contributed by atoms with van der Waals surface area (Å²) in [6.07, 6.45) is 1.92. The maximum absolute atomic E-state index is 13.3. The average molecular weight is 484 g/mol. The van der Waals surface area contributed by atoms with Crippen molar-refractivity contribution in [2.24, 2.45) is 0 Å². The summed E-state index contributed by atoms with van der Waals surface area (Å²) in [6, 6.07) is 18.0. The van der Waals surface area contributed by atoms with Gasteiger partial charge in [-0.2, -0.15) is 11.8 Å². The van der Waals surface area contributed by atoms with E-state index < -0.39 is 11.6 Å². The van der Waals surface area contributed by atoms with Gasteiger partial charge in [-0.15, -0.1) is 0 Å². The second-order valence-electron chi connectivity index (χ2n) is 9.05. The summed E-state index contributed by atoms with van der Waals surface area (Å²) >= 11 is 3.33. The summed E-state index contributed by atoms with van der Waals surface area (Å²) in [4.78, 5) is 17.1. The number of carbonyl (C=O) groups is 1. The van der Waals surface area contributed by atoms with Crippen molar-refractivity contribution in [2.45, 2.75) is 49.5 Å². The van der Waals surface area contributed by atoms with E-state index in [1.807, 2.05) is 60.3 Å². The van der Waals surface area contributed by atoms with Crippen LogP contribution in [-0.4, -0.2) is 47.1 Å². The van der Waals surface area contributed by atoms with E-state index >= 15 is 0 Å². The lowest BCUT2D eigenvalue weighted by molar-refractivity contribution is -0.160. The van der Waals surface area contributed by atoms with Gasteiger partial charge in [-0.3, -0.25) is 0 Å². The van der Waals surface area contributed by atoms with Gasteiger partial charge >= 0.3 is 5.97 Å². The van der Waals surface area contributed by atoms with E-state index in [-0.39, 0.29) is 5.76 Å². The van der Waals surface area contributed by atoms with Crippen molar-refractivity contribution in [3.8, 4) is 0 Å². The van der Waals surface area contributed by atoms with Gasteiger partial charge < -0.3 is 14.7 Å². The molecule has 0 amide bonds. The monoisotopic (exact) mass is 483 g/mol. The number of carbonyl (C=O) groups excluding carboxylic acids is 1. The van der Waals surface area contributed by atoms with Crippen LogP contribution in [0.2, 0.25) is 0 Å². The Morgan fingerprint density at radius 1 is 1.09 bits per heavy atom. The molecular formula is C27H33NO3S2. The Labute approximate surface area is 205 Å². The molecule has 1 atom stereocenters. The molecule has 0 aromatic heterocycles. The second kappa shape index (κ2) is 11.0. The Hall–Kier alpha value is -1.89. The molecule has 33 heavy (non-hydrogen) atoms. The number of hydrogen-bond acceptors (Lipinski definition) is 6. The van der Waals surface area contributed by atoms with Crippen LogP contribution in [0.5, 0.6) is 0 Å². The molecule has 176 valence electrons. The number of rotatable bonds is 8. The predicted octanol–water partition coefficient (Wildman–Crippen LogP) is 6.34. The highest BCUT2D eigenvalue weighted by atomic mass is 32.2. The van der Waals surface area contributed by atoms with Crippen molar-refractivity contribution < 1.29 is 14.6 Å². The van der Waals surface area contributed by atoms with Crippen molar-refractivity contribution in [3.05, 3.63) is 76.4 Å². The highest BCUT2D eigenvalue weighted by Gasteiger charge is 2.43. The van der Waals surface area contributed by atoms with Crippen molar-refractivity contribution in [2.75, 3.05) is 31.1 Å². The number of ether oxygens (including phenoxy) is 1. The molecule has 1 unspecified atom stereocenters. The number of aliphatic hydroxyl groups is 1. The highest BCUT2D eigenvalue weighted by molar-refractivity contribution is 8.04. The van der Waals surface area contributed by atoms with Gasteiger partial charge in [0.1, 0.15) is 16.3 Å². The lowest BCUT2D eigenvalue weighted by atomic mass is 9.83. The van der Waals surface area contributed by atoms with E-state index in [0.717, 1.165) is 42.1 Å². The Balaban J connectivity index is 1.56. The van der Waals surface area contributed by atoms with Gasteiger partial charge in [-0.05, 0) is 42.5 Å². The number of nitrogens with zero attached hydrogens (tertiary/aromatic N) is 1. The zero-order valence-corrected chi connectivity index (χ0v) is 21.1. The van der Waals surface area contributed by atoms with E-state index in [0.29, 0.717) is 23.7 Å². The number of thioether (sulfide) groups is 2. The Morgan fingerprint density at radius 2 is 1.79 bits per heavy atom. The van der Waals surface area contributed by atoms with Gasteiger partial charge in [0.15, 0.2) is 0 Å².